The molecule has 0 heterocycles. The highest BCUT2D eigenvalue weighted by molar-refractivity contribution is 6.30. The summed E-state index contributed by atoms with van der Waals surface area (Å²) in [5.74, 6) is -1.02. The van der Waals surface area contributed by atoms with Crippen LogP contribution in [0.5, 0.6) is 5.75 Å². The Balaban J connectivity index is 1.79. The number of hydrogen-bond donors (Lipinski definition) is 2. The molecule has 0 fully saturated rings. The lowest BCUT2D eigenvalue weighted by Gasteiger charge is -2.14. The van der Waals surface area contributed by atoms with Gasteiger partial charge in [-0.15, -0.1) is 0 Å². The SMILES string of the molecule is CCOc1ccc(C(=O)NCC(=O)O[C@@H](C)C(=O)Nc2cccc(Cl)c2)cc1. The molecule has 1 atom stereocenters. The smallest absolute Gasteiger partial charge is 0.326 e. The van der Waals surface area contributed by atoms with Gasteiger partial charge in [0.2, 0.25) is 0 Å². The summed E-state index contributed by atoms with van der Waals surface area (Å²) in [6.45, 7) is 3.47. The zero-order valence-corrected chi connectivity index (χ0v) is 16.3. The van der Waals surface area contributed by atoms with E-state index < -0.39 is 23.9 Å². The van der Waals surface area contributed by atoms with Crippen molar-refractivity contribution < 1.29 is 23.9 Å². The Bertz CT molecular complexity index is 839. The van der Waals surface area contributed by atoms with E-state index in [0.29, 0.717) is 28.6 Å². The first-order valence-electron chi connectivity index (χ1n) is 8.66. The summed E-state index contributed by atoms with van der Waals surface area (Å²) < 4.78 is 10.3. The van der Waals surface area contributed by atoms with Gasteiger partial charge in [-0.2, -0.15) is 0 Å². The van der Waals surface area contributed by atoms with Crippen molar-refractivity contribution in [2.45, 2.75) is 20.0 Å². The molecule has 0 aliphatic heterocycles. The standard InChI is InChI=1S/C20H21ClN2O5/c1-3-27-17-9-7-14(8-10-17)20(26)22-12-18(24)28-13(2)19(25)23-16-6-4-5-15(21)11-16/h4-11,13H,3,12H2,1-2H3,(H,22,26)(H,23,25)/t13-/m0/s1. The second-order valence-corrected chi connectivity index (χ2v) is 6.21. The Hall–Kier alpha value is -3.06. The molecule has 0 saturated carbocycles. The van der Waals surface area contributed by atoms with Gasteiger partial charge in [0.15, 0.2) is 6.10 Å². The average Bonchev–Trinajstić information content (AvgIpc) is 2.67. The van der Waals surface area contributed by atoms with Crippen LogP contribution in [0.1, 0.15) is 24.2 Å². The van der Waals surface area contributed by atoms with Crippen LogP contribution in [-0.2, 0) is 14.3 Å². The molecule has 2 aromatic carbocycles. The summed E-state index contributed by atoms with van der Waals surface area (Å²) in [6, 6.07) is 13.1. The highest BCUT2D eigenvalue weighted by Gasteiger charge is 2.18. The molecule has 7 nitrogen and oxygen atoms in total. The fraction of sp³-hybridized carbons (Fsp3) is 0.250. The van der Waals surface area contributed by atoms with Gasteiger partial charge in [-0.3, -0.25) is 14.4 Å². The van der Waals surface area contributed by atoms with Crippen molar-refractivity contribution in [1.29, 1.82) is 0 Å². The lowest BCUT2D eigenvalue weighted by molar-refractivity contribution is -0.152. The molecule has 28 heavy (non-hydrogen) atoms. The summed E-state index contributed by atoms with van der Waals surface area (Å²) in [7, 11) is 0. The lowest BCUT2D eigenvalue weighted by atomic mass is 10.2. The van der Waals surface area contributed by atoms with Crippen LogP contribution in [0.15, 0.2) is 48.5 Å². The van der Waals surface area contributed by atoms with Gasteiger partial charge >= 0.3 is 5.97 Å². The third kappa shape index (κ3) is 6.59. The predicted octanol–water partition coefficient (Wildman–Crippen LogP) is 3.04. The molecule has 0 bridgehead atoms. The maximum absolute atomic E-state index is 12.1. The first-order valence-corrected chi connectivity index (χ1v) is 9.03. The Morgan fingerprint density at radius 1 is 1.11 bits per heavy atom. The van der Waals surface area contributed by atoms with Gasteiger partial charge in [0.1, 0.15) is 12.3 Å². The second-order valence-electron chi connectivity index (χ2n) is 5.77. The van der Waals surface area contributed by atoms with Crippen molar-refractivity contribution in [2.75, 3.05) is 18.5 Å². The average molecular weight is 405 g/mol. The van der Waals surface area contributed by atoms with Crippen LogP contribution in [0.25, 0.3) is 0 Å². The molecule has 2 rings (SSSR count). The topological polar surface area (TPSA) is 93.7 Å². The minimum Gasteiger partial charge on any atom is -0.494 e. The summed E-state index contributed by atoms with van der Waals surface area (Å²) in [5, 5.41) is 5.51. The number of ether oxygens (including phenoxy) is 2. The first kappa shape index (κ1) is 21.2. The van der Waals surface area contributed by atoms with E-state index in [9.17, 15) is 14.4 Å². The van der Waals surface area contributed by atoms with Gasteiger partial charge in [-0.1, -0.05) is 17.7 Å². The van der Waals surface area contributed by atoms with Crippen LogP contribution in [0, 0.1) is 0 Å². The first-order chi connectivity index (χ1) is 13.4. The van der Waals surface area contributed by atoms with Crippen molar-refractivity contribution in [3.8, 4) is 5.75 Å². The number of amides is 2. The minimum absolute atomic E-state index is 0.360. The zero-order chi connectivity index (χ0) is 20.5. The molecule has 0 saturated heterocycles. The molecule has 148 valence electrons. The highest BCUT2D eigenvalue weighted by atomic mass is 35.5. The number of esters is 1. The van der Waals surface area contributed by atoms with Crippen molar-refractivity contribution in [3.63, 3.8) is 0 Å². The molecule has 0 radical (unpaired) electrons. The molecular formula is C20H21ClN2O5. The van der Waals surface area contributed by atoms with E-state index in [-0.39, 0.29) is 6.54 Å². The molecule has 8 heteroatoms. The van der Waals surface area contributed by atoms with E-state index >= 15 is 0 Å². The molecule has 0 aromatic heterocycles. The number of nitrogens with one attached hydrogen (secondary N) is 2. The van der Waals surface area contributed by atoms with Crippen LogP contribution in [0.2, 0.25) is 5.02 Å². The second kappa shape index (κ2) is 10.3. The van der Waals surface area contributed by atoms with Crippen LogP contribution in [-0.4, -0.2) is 37.0 Å². The highest BCUT2D eigenvalue weighted by Crippen LogP contribution is 2.15. The number of halogens is 1. The molecule has 2 aromatic rings. The third-order valence-electron chi connectivity index (χ3n) is 3.59. The molecular weight excluding hydrogens is 384 g/mol. The molecule has 0 aliphatic rings. The number of carbonyl (C=O) groups excluding carboxylic acids is 3. The van der Waals surface area contributed by atoms with Gasteiger partial charge in [0.25, 0.3) is 11.8 Å². The largest absolute Gasteiger partial charge is 0.494 e. The zero-order valence-electron chi connectivity index (χ0n) is 15.5. The third-order valence-corrected chi connectivity index (χ3v) is 3.83. The Morgan fingerprint density at radius 3 is 2.46 bits per heavy atom. The number of anilines is 1. The molecule has 0 unspecified atom stereocenters. The van der Waals surface area contributed by atoms with Crippen LogP contribution < -0.4 is 15.4 Å². The van der Waals surface area contributed by atoms with E-state index in [4.69, 9.17) is 21.1 Å². The molecule has 0 aliphatic carbocycles. The molecule has 2 amide bonds. The van der Waals surface area contributed by atoms with E-state index in [2.05, 4.69) is 10.6 Å². The minimum atomic E-state index is -1.03. The number of rotatable bonds is 8. The maximum atomic E-state index is 12.1. The summed E-state index contributed by atoms with van der Waals surface area (Å²) in [6.07, 6.45) is -1.03. The van der Waals surface area contributed by atoms with Crippen LogP contribution >= 0.6 is 11.6 Å². The fourth-order valence-electron chi connectivity index (χ4n) is 2.23. The van der Waals surface area contributed by atoms with Gasteiger partial charge in [-0.25, -0.2) is 0 Å². The quantitative estimate of drug-likeness (QED) is 0.659. The predicted molar refractivity (Wildman–Crippen MR) is 106 cm³/mol. The van der Waals surface area contributed by atoms with Crippen molar-refractivity contribution >= 4 is 35.1 Å². The molecule has 2 N–H and O–H groups in total. The van der Waals surface area contributed by atoms with E-state index in [1.165, 1.54) is 6.92 Å². The van der Waals surface area contributed by atoms with E-state index in [1.54, 1.807) is 48.5 Å². The Kier molecular flexibility index (Phi) is 7.83. The van der Waals surface area contributed by atoms with E-state index in [0.717, 1.165) is 0 Å². The summed E-state index contributed by atoms with van der Waals surface area (Å²) in [4.78, 5) is 36.0. The van der Waals surface area contributed by atoms with Crippen molar-refractivity contribution in [2.24, 2.45) is 0 Å². The molecule has 0 spiro atoms. The van der Waals surface area contributed by atoms with Crippen LogP contribution in [0.4, 0.5) is 5.69 Å². The summed E-state index contributed by atoms with van der Waals surface area (Å²) in [5.41, 5.74) is 0.868. The Morgan fingerprint density at radius 2 is 1.82 bits per heavy atom. The number of benzene rings is 2. The lowest BCUT2D eigenvalue weighted by Crippen LogP contribution is -2.35. The maximum Gasteiger partial charge on any atom is 0.326 e. The monoisotopic (exact) mass is 404 g/mol. The van der Waals surface area contributed by atoms with Crippen molar-refractivity contribution in [1.82, 2.24) is 5.32 Å². The van der Waals surface area contributed by atoms with Gasteiger partial charge in [-0.05, 0) is 56.3 Å². The van der Waals surface area contributed by atoms with Gasteiger partial charge < -0.3 is 20.1 Å². The number of hydrogen-bond acceptors (Lipinski definition) is 5. The van der Waals surface area contributed by atoms with Gasteiger partial charge in [0, 0.05) is 16.3 Å². The normalized spacial score (nSPS) is 11.2. The van der Waals surface area contributed by atoms with Crippen molar-refractivity contribution in [3.05, 3.63) is 59.1 Å². The van der Waals surface area contributed by atoms with Crippen LogP contribution in [0.3, 0.4) is 0 Å². The Labute approximate surface area is 168 Å². The fourth-order valence-corrected chi connectivity index (χ4v) is 2.42. The number of carbonyl (C=O) groups is 3. The van der Waals surface area contributed by atoms with E-state index in [1.807, 2.05) is 6.92 Å². The van der Waals surface area contributed by atoms with Gasteiger partial charge in [0.05, 0.1) is 6.61 Å². The summed E-state index contributed by atoms with van der Waals surface area (Å²) >= 11 is 5.85.